The van der Waals surface area contributed by atoms with Gasteiger partial charge >= 0.3 is 112 Å². The van der Waals surface area contributed by atoms with Crippen molar-refractivity contribution in [2.24, 2.45) is 0 Å². The van der Waals surface area contributed by atoms with Crippen molar-refractivity contribution < 1.29 is 117 Å². The predicted molar refractivity (Wildman–Crippen MR) is 20.8 cm³/mol. The maximum absolute atomic E-state index is 8.74. The van der Waals surface area contributed by atoms with Crippen LogP contribution < -0.4 is 103 Å². The number of hydrogen-bond acceptors (Lipinski definition) is 3. The Kier molecular flexibility index (Phi) is 133. The maximum atomic E-state index is 8.74. The van der Waals surface area contributed by atoms with Gasteiger partial charge in [0.1, 0.15) is 0 Å². The summed E-state index contributed by atoms with van der Waals surface area (Å²) < 4.78 is 8.74. The largest absolute Gasteiger partial charge is 1.00 e. The third-order valence-electron chi connectivity index (χ3n) is 0. The Hall–Kier alpha value is 1.87. The van der Waals surface area contributed by atoms with Crippen LogP contribution in [0.25, 0.3) is 0 Å². The summed E-state index contributed by atoms with van der Waals surface area (Å²) >= 11 is 0. The molecule has 0 spiro atoms. The van der Waals surface area contributed by atoms with Crippen molar-refractivity contribution in [3.8, 4) is 0 Å². The van der Waals surface area contributed by atoms with E-state index in [1.165, 1.54) is 0 Å². The molecule has 0 bridgehead atoms. The van der Waals surface area contributed by atoms with Crippen molar-refractivity contribution in [1.82, 2.24) is 0 Å². The molecule has 8 heteroatoms. The van der Waals surface area contributed by atoms with Crippen molar-refractivity contribution in [2.75, 3.05) is 0 Å². The van der Waals surface area contributed by atoms with Gasteiger partial charge in [0.25, 0.3) is 0 Å². The van der Waals surface area contributed by atoms with Crippen LogP contribution in [0.4, 0.5) is 0 Å². The third kappa shape index (κ3) is 222. The molecule has 0 amide bonds. The molecule has 0 heterocycles. The summed E-state index contributed by atoms with van der Waals surface area (Å²) in [5.41, 5.74) is 0. The van der Waals surface area contributed by atoms with E-state index in [0.29, 0.717) is 0 Å². The molecule has 44 valence electrons. The first-order valence-corrected chi connectivity index (χ1v) is 2.40. The summed E-state index contributed by atoms with van der Waals surface area (Å²) in [6.07, 6.45) is 0. The zero-order valence-corrected chi connectivity index (χ0v) is 12.9. The van der Waals surface area contributed by atoms with E-state index in [-0.39, 0.29) is 103 Å². The van der Waals surface area contributed by atoms with Crippen molar-refractivity contribution in [3.05, 3.63) is 13.1 Å². The van der Waals surface area contributed by atoms with Gasteiger partial charge in [-0.1, -0.05) is 0 Å². The summed E-state index contributed by atoms with van der Waals surface area (Å²) in [6, 6.07) is 0. The van der Waals surface area contributed by atoms with E-state index in [4.69, 9.17) is 37.7 Å². The quantitative estimate of drug-likeness (QED) is 0.304. The van der Waals surface area contributed by atoms with Gasteiger partial charge in [-0.05, 0) is 0 Å². The third-order valence-corrected chi connectivity index (χ3v) is 0. The van der Waals surface area contributed by atoms with Crippen LogP contribution in [0.15, 0.2) is 0 Å². The molecular weight excluding hydrogens is 206 g/mol. The Morgan fingerprint density at radius 3 is 1.00 bits per heavy atom. The van der Waals surface area contributed by atoms with E-state index in [9.17, 15) is 0 Å². The molecule has 0 aromatic heterocycles. The summed E-state index contributed by atoms with van der Waals surface area (Å²) in [4.78, 5) is 14.3. The maximum Gasteiger partial charge on any atom is 1.00 e. The Balaban J connectivity index is -0.0000000125. The minimum atomic E-state index is -3.13. The first kappa shape index (κ1) is 29.7. The van der Waals surface area contributed by atoms with Gasteiger partial charge in [-0.3, -0.25) is 4.46 Å². The average Bonchev–Trinajstić information content (AvgIpc) is 1.75. The first-order chi connectivity index (χ1) is 3.73. The van der Waals surface area contributed by atoms with Crippen LogP contribution in [-0.4, -0.2) is 18.8 Å². The number of rotatable bonds is 0. The van der Waals surface area contributed by atoms with E-state index in [1.807, 2.05) is 0 Å². The zero-order valence-electron chi connectivity index (χ0n) is 5.70. The summed E-state index contributed by atoms with van der Waals surface area (Å²) in [5.74, 6) is 0. The van der Waals surface area contributed by atoms with Crippen molar-refractivity contribution in [1.29, 1.82) is 10.5 Å². The molecule has 5 nitrogen and oxygen atoms in total. The normalized spacial score (nSPS) is 2.80. The Morgan fingerprint density at radius 1 is 1.00 bits per heavy atom. The molecule has 0 rings (SSSR count). The molecule has 0 fully saturated rings. The molecule has 0 aliphatic carbocycles. The second kappa shape index (κ2) is 44.7. The zero-order chi connectivity index (χ0) is 7.58. The van der Waals surface area contributed by atoms with Crippen LogP contribution in [0, 0.1) is 23.7 Å². The SMILES string of the molecule is O=[Si](O)O.[C-]#N.[C-]#N.[K+].[K+]. The van der Waals surface area contributed by atoms with Gasteiger partial charge in [-0.15, -0.1) is 0 Å². The molecule has 0 radical (unpaired) electrons. The molecule has 0 saturated heterocycles. The molecule has 0 saturated carbocycles. The van der Waals surface area contributed by atoms with Crippen LogP contribution >= 0.6 is 0 Å². The summed E-state index contributed by atoms with van der Waals surface area (Å²) in [5, 5.41) is 12.5. The summed E-state index contributed by atoms with van der Waals surface area (Å²) in [7, 11) is -3.13. The smallest absolute Gasteiger partial charge is 0.512 e. The Bertz CT molecular complexity index is 85.0. The predicted octanol–water partition coefficient (Wildman–Crippen LogP) is -7.41. The molecule has 0 unspecified atom stereocenters. The standard InChI is InChI=1S/2CN.2K.H2O3Si/c2*1-2;;;1-4(2)3/h;;;;1-2H/q2*-1;2*+1;. The van der Waals surface area contributed by atoms with Crippen molar-refractivity contribution >= 4 is 9.17 Å². The average molecular weight is 208 g/mol. The minimum Gasteiger partial charge on any atom is -0.512 e. The van der Waals surface area contributed by atoms with Gasteiger partial charge in [-0.25, -0.2) is 0 Å². The van der Waals surface area contributed by atoms with Gasteiger partial charge in [0.2, 0.25) is 0 Å². The van der Waals surface area contributed by atoms with Crippen LogP contribution in [0.2, 0.25) is 0 Å². The second-order valence-corrected chi connectivity index (χ2v) is 0.848. The summed E-state index contributed by atoms with van der Waals surface area (Å²) in [6.45, 7) is 9.50. The van der Waals surface area contributed by atoms with E-state index in [1.54, 1.807) is 0 Å². The molecule has 10 heavy (non-hydrogen) atoms. The Morgan fingerprint density at radius 2 is 1.00 bits per heavy atom. The molecule has 0 atom stereocenters. The molecule has 0 aliphatic heterocycles. The van der Waals surface area contributed by atoms with Gasteiger partial charge in [0, 0.05) is 0 Å². The van der Waals surface area contributed by atoms with E-state index < -0.39 is 9.17 Å². The monoisotopic (exact) mass is 208 g/mol. The van der Waals surface area contributed by atoms with E-state index >= 15 is 0 Å². The number of hydrogen-bond donors (Lipinski definition) is 2. The van der Waals surface area contributed by atoms with Gasteiger partial charge in [0.15, 0.2) is 0 Å². The van der Waals surface area contributed by atoms with E-state index in [0.717, 1.165) is 0 Å². The van der Waals surface area contributed by atoms with Gasteiger partial charge in [0.05, 0.1) is 0 Å². The van der Waals surface area contributed by atoms with Crippen LogP contribution in [0.1, 0.15) is 0 Å². The van der Waals surface area contributed by atoms with E-state index in [2.05, 4.69) is 0 Å². The van der Waals surface area contributed by atoms with Crippen LogP contribution in [-0.2, 0) is 4.46 Å². The minimum absolute atomic E-state index is 0. The topological polar surface area (TPSA) is 105 Å². The fourth-order valence-corrected chi connectivity index (χ4v) is 0. The molecule has 0 aromatic rings. The van der Waals surface area contributed by atoms with Crippen LogP contribution in [0.5, 0.6) is 0 Å². The van der Waals surface area contributed by atoms with Gasteiger partial charge < -0.3 is 33.3 Å². The van der Waals surface area contributed by atoms with Crippen molar-refractivity contribution in [2.45, 2.75) is 0 Å². The molecular formula is C2H2K2N2O3Si. The first-order valence-electron chi connectivity index (χ1n) is 1.10. The fourth-order valence-electron chi connectivity index (χ4n) is 0. The fraction of sp³-hybridized carbons (Fsp3) is 0. The second-order valence-electron chi connectivity index (χ2n) is 0.283. The molecule has 2 N–H and O–H groups in total. The molecule has 0 aromatic carbocycles. The van der Waals surface area contributed by atoms with Gasteiger partial charge in [-0.2, -0.15) is 0 Å². The van der Waals surface area contributed by atoms with Crippen LogP contribution in [0.3, 0.4) is 0 Å². The number of nitrogens with zero attached hydrogens (tertiary/aromatic N) is 2. The Labute approximate surface area is 146 Å². The van der Waals surface area contributed by atoms with Crippen molar-refractivity contribution in [3.63, 3.8) is 0 Å². The molecule has 0 aliphatic rings.